The highest BCUT2D eigenvalue weighted by molar-refractivity contribution is 9.10. The molecule has 19 heavy (non-hydrogen) atoms. The predicted molar refractivity (Wildman–Crippen MR) is 83.5 cm³/mol. The normalized spacial score (nSPS) is 21.3. The second-order valence-corrected chi connectivity index (χ2v) is 6.23. The number of rotatable bonds is 6. The number of benzene rings is 1. The second kappa shape index (κ2) is 8.03. The van der Waals surface area contributed by atoms with Gasteiger partial charge in [0.15, 0.2) is 0 Å². The summed E-state index contributed by atoms with van der Waals surface area (Å²) in [7, 11) is 0. The first-order chi connectivity index (χ1) is 9.28. The van der Waals surface area contributed by atoms with Crippen molar-refractivity contribution in [3.05, 3.63) is 34.3 Å². The third kappa shape index (κ3) is 5.25. The minimum Gasteiger partial charge on any atom is -0.378 e. The Kier molecular flexibility index (Phi) is 6.35. The van der Waals surface area contributed by atoms with Crippen LogP contribution in [0.1, 0.15) is 38.2 Å². The summed E-state index contributed by atoms with van der Waals surface area (Å²) in [5.74, 6) is 0. The minimum atomic E-state index is 0.449. The maximum Gasteiger partial charge on any atom is 0.0590 e. The van der Waals surface area contributed by atoms with Gasteiger partial charge in [-0.3, -0.25) is 0 Å². The van der Waals surface area contributed by atoms with Gasteiger partial charge in [-0.05, 0) is 56.3 Å². The first-order valence-electron chi connectivity index (χ1n) is 7.37. The standard InChI is InChI=1S/C16H24BrNO/c1-2-18-15(12-16-8-3-4-9-19-16)11-13-6-5-7-14(17)10-13/h5-7,10,15-16,18H,2-4,8-9,11-12H2,1H3. The third-order valence-electron chi connectivity index (χ3n) is 3.69. The van der Waals surface area contributed by atoms with Gasteiger partial charge in [0.05, 0.1) is 6.10 Å². The predicted octanol–water partition coefficient (Wildman–Crippen LogP) is 3.93. The van der Waals surface area contributed by atoms with Gasteiger partial charge in [0.1, 0.15) is 0 Å². The Labute approximate surface area is 125 Å². The summed E-state index contributed by atoms with van der Waals surface area (Å²) in [5, 5.41) is 3.60. The highest BCUT2D eigenvalue weighted by atomic mass is 79.9. The molecule has 1 aromatic carbocycles. The minimum absolute atomic E-state index is 0.449. The zero-order chi connectivity index (χ0) is 13.5. The molecule has 1 fully saturated rings. The molecule has 0 spiro atoms. The Morgan fingerprint density at radius 1 is 1.42 bits per heavy atom. The van der Waals surface area contributed by atoms with Gasteiger partial charge in [0.2, 0.25) is 0 Å². The number of hydrogen-bond acceptors (Lipinski definition) is 2. The lowest BCUT2D eigenvalue weighted by atomic mass is 9.97. The van der Waals surface area contributed by atoms with E-state index in [0.29, 0.717) is 12.1 Å². The number of halogens is 1. The van der Waals surface area contributed by atoms with Gasteiger partial charge >= 0.3 is 0 Å². The van der Waals surface area contributed by atoms with Crippen molar-refractivity contribution in [3.8, 4) is 0 Å². The molecule has 0 radical (unpaired) electrons. The van der Waals surface area contributed by atoms with E-state index >= 15 is 0 Å². The van der Waals surface area contributed by atoms with Crippen LogP contribution in [0.2, 0.25) is 0 Å². The molecule has 1 heterocycles. The van der Waals surface area contributed by atoms with Crippen LogP contribution >= 0.6 is 15.9 Å². The van der Waals surface area contributed by atoms with Crippen molar-refractivity contribution in [2.45, 2.75) is 51.2 Å². The van der Waals surface area contributed by atoms with Gasteiger partial charge in [-0.25, -0.2) is 0 Å². The Morgan fingerprint density at radius 3 is 3.00 bits per heavy atom. The molecule has 1 aromatic rings. The molecule has 2 atom stereocenters. The van der Waals surface area contributed by atoms with Gasteiger partial charge < -0.3 is 10.1 Å². The molecule has 106 valence electrons. The topological polar surface area (TPSA) is 21.3 Å². The summed E-state index contributed by atoms with van der Waals surface area (Å²) in [4.78, 5) is 0. The SMILES string of the molecule is CCNC(Cc1cccc(Br)c1)CC1CCCCO1. The molecule has 0 bridgehead atoms. The van der Waals surface area contributed by atoms with Gasteiger partial charge in [-0.1, -0.05) is 35.0 Å². The number of ether oxygens (including phenoxy) is 1. The van der Waals surface area contributed by atoms with E-state index in [2.05, 4.69) is 52.4 Å². The zero-order valence-corrected chi connectivity index (χ0v) is 13.3. The van der Waals surface area contributed by atoms with Crippen LogP contribution in [0.3, 0.4) is 0 Å². The van der Waals surface area contributed by atoms with Crippen molar-refractivity contribution >= 4 is 15.9 Å². The zero-order valence-electron chi connectivity index (χ0n) is 11.7. The largest absolute Gasteiger partial charge is 0.378 e. The summed E-state index contributed by atoms with van der Waals surface area (Å²) in [6.07, 6.45) is 6.42. The molecule has 0 saturated carbocycles. The van der Waals surface area contributed by atoms with Crippen molar-refractivity contribution in [2.24, 2.45) is 0 Å². The average Bonchev–Trinajstić information content (AvgIpc) is 2.40. The van der Waals surface area contributed by atoms with E-state index in [9.17, 15) is 0 Å². The first-order valence-corrected chi connectivity index (χ1v) is 8.16. The molecule has 2 nitrogen and oxygen atoms in total. The highest BCUT2D eigenvalue weighted by Crippen LogP contribution is 2.20. The molecule has 0 aromatic heterocycles. The van der Waals surface area contributed by atoms with Crippen molar-refractivity contribution in [1.29, 1.82) is 0 Å². The van der Waals surface area contributed by atoms with E-state index in [-0.39, 0.29) is 0 Å². The van der Waals surface area contributed by atoms with Gasteiger partial charge in [-0.15, -0.1) is 0 Å². The molecule has 0 amide bonds. The van der Waals surface area contributed by atoms with Crippen LogP contribution in [0, 0.1) is 0 Å². The third-order valence-corrected chi connectivity index (χ3v) is 4.18. The molecule has 1 N–H and O–H groups in total. The van der Waals surface area contributed by atoms with Crippen LogP contribution in [0.25, 0.3) is 0 Å². The van der Waals surface area contributed by atoms with E-state index in [4.69, 9.17) is 4.74 Å². The summed E-state index contributed by atoms with van der Waals surface area (Å²) >= 11 is 3.54. The Morgan fingerprint density at radius 2 is 2.32 bits per heavy atom. The van der Waals surface area contributed by atoms with Crippen molar-refractivity contribution in [1.82, 2.24) is 5.32 Å². The molecule has 1 aliphatic heterocycles. The first kappa shape index (κ1) is 15.0. The Bertz CT molecular complexity index is 377. The van der Waals surface area contributed by atoms with Crippen molar-refractivity contribution in [2.75, 3.05) is 13.2 Å². The van der Waals surface area contributed by atoms with Crippen LogP contribution in [0.4, 0.5) is 0 Å². The lowest BCUT2D eigenvalue weighted by Crippen LogP contribution is -2.36. The fourth-order valence-electron chi connectivity index (χ4n) is 2.79. The molecular formula is C16H24BrNO. The van der Waals surface area contributed by atoms with Crippen LogP contribution in [0.15, 0.2) is 28.7 Å². The molecule has 2 unspecified atom stereocenters. The summed E-state index contributed by atoms with van der Waals surface area (Å²) in [6, 6.07) is 9.13. The summed E-state index contributed by atoms with van der Waals surface area (Å²) < 4.78 is 7.03. The van der Waals surface area contributed by atoms with E-state index in [1.807, 2.05) is 0 Å². The average molecular weight is 326 g/mol. The van der Waals surface area contributed by atoms with Crippen molar-refractivity contribution in [3.63, 3.8) is 0 Å². The monoisotopic (exact) mass is 325 g/mol. The van der Waals surface area contributed by atoms with Crippen molar-refractivity contribution < 1.29 is 4.74 Å². The van der Waals surface area contributed by atoms with E-state index in [0.717, 1.165) is 30.5 Å². The summed E-state index contributed by atoms with van der Waals surface area (Å²) in [5.41, 5.74) is 1.39. The number of likely N-dealkylation sites (N-methyl/N-ethyl adjacent to an activating group) is 1. The number of nitrogens with one attached hydrogen (secondary N) is 1. The Hall–Kier alpha value is -0.380. The van der Waals surface area contributed by atoms with E-state index in [1.165, 1.54) is 24.8 Å². The maximum atomic E-state index is 5.87. The van der Waals surface area contributed by atoms with Crippen LogP contribution in [-0.2, 0) is 11.2 Å². The number of hydrogen-bond donors (Lipinski definition) is 1. The van der Waals surface area contributed by atoms with Crippen LogP contribution in [-0.4, -0.2) is 25.3 Å². The lowest BCUT2D eigenvalue weighted by molar-refractivity contribution is 0.00535. The van der Waals surface area contributed by atoms with E-state index < -0.39 is 0 Å². The summed E-state index contributed by atoms with van der Waals surface area (Å²) in [6.45, 7) is 4.14. The van der Waals surface area contributed by atoms with E-state index in [1.54, 1.807) is 0 Å². The quantitative estimate of drug-likeness (QED) is 0.855. The molecule has 1 saturated heterocycles. The fourth-order valence-corrected chi connectivity index (χ4v) is 3.23. The molecule has 0 aliphatic carbocycles. The van der Waals surface area contributed by atoms with Crippen LogP contribution < -0.4 is 5.32 Å². The lowest BCUT2D eigenvalue weighted by Gasteiger charge is -2.27. The van der Waals surface area contributed by atoms with Gasteiger partial charge in [0, 0.05) is 17.1 Å². The molecule has 1 aliphatic rings. The Balaban J connectivity index is 1.91. The highest BCUT2D eigenvalue weighted by Gasteiger charge is 2.19. The molecule has 2 rings (SSSR count). The van der Waals surface area contributed by atoms with Gasteiger partial charge in [0.25, 0.3) is 0 Å². The molecular weight excluding hydrogens is 302 g/mol. The maximum absolute atomic E-state index is 5.87. The smallest absolute Gasteiger partial charge is 0.0590 e. The van der Waals surface area contributed by atoms with Gasteiger partial charge in [-0.2, -0.15) is 0 Å². The molecule has 3 heteroatoms. The van der Waals surface area contributed by atoms with Crippen LogP contribution in [0.5, 0.6) is 0 Å². The fraction of sp³-hybridized carbons (Fsp3) is 0.625. The second-order valence-electron chi connectivity index (χ2n) is 5.31.